The number of aryl methyl sites for hydroxylation is 1. The van der Waals surface area contributed by atoms with E-state index in [1.54, 1.807) is 0 Å². The largest absolute Gasteiger partial charge is 0.409 e. The Balaban J connectivity index is 3.27. The lowest BCUT2D eigenvalue weighted by atomic mass is 10.0. The molecule has 0 aliphatic carbocycles. The standard InChI is InChI=1S/C9H9F5N2/c1-4-2-3-5(7(11)6(4)10)8(16-15)9(12,13)14/h2-3,8,16H,15H2,1H3. The Bertz CT molecular complexity index is 388. The summed E-state index contributed by atoms with van der Waals surface area (Å²) in [6, 6.07) is -0.516. The van der Waals surface area contributed by atoms with Gasteiger partial charge in [0.2, 0.25) is 0 Å². The molecule has 0 saturated carbocycles. The minimum Gasteiger partial charge on any atom is -0.271 e. The second kappa shape index (κ2) is 4.34. The highest BCUT2D eigenvalue weighted by atomic mass is 19.4. The van der Waals surface area contributed by atoms with Crippen molar-refractivity contribution in [3.8, 4) is 0 Å². The maximum atomic E-state index is 13.3. The SMILES string of the molecule is Cc1ccc(C(NN)C(F)(F)F)c(F)c1F. The first kappa shape index (κ1) is 12.9. The molecule has 2 nitrogen and oxygen atoms in total. The zero-order valence-electron chi connectivity index (χ0n) is 8.20. The van der Waals surface area contributed by atoms with Gasteiger partial charge in [-0.2, -0.15) is 13.2 Å². The van der Waals surface area contributed by atoms with Crippen LogP contribution in [0.4, 0.5) is 22.0 Å². The number of alkyl halides is 3. The summed E-state index contributed by atoms with van der Waals surface area (Å²) in [5, 5.41) is 0. The van der Waals surface area contributed by atoms with E-state index in [9.17, 15) is 22.0 Å². The predicted octanol–water partition coefficient (Wildman–Crippen LogP) is 2.34. The molecular weight excluding hydrogens is 231 g/mol. The predicted molar refractivity (Wildman–Crippen MR) is 47.2 cm³/mol. The fraction of sp³-hybridized carbons (Fsp3) is 0.333. The van der Waals surface area contributed by atoms with Gasteiger partial charge >= 0.3 is 6.18 Å². The smallest absolute Gasteiger partial charge is 0.271 e. The van der Waals surface area contributed by atoms with Crippen LogP contribution < -0.4 is 11.3 Å². The summed E-state index contributed by atoms with van der Waals surface area (Å²) in [7, 11) is 0. The summed E-state index contributed by atoms with van der Waals surface area (Å²) in [5.74, 6) is 1.84. The zero-order chi connectivity index (χ0) is 12.5. The molecule has 0 saturated heterocycles. The normalized spacial score (nSPS) is 13.9. The Morgan fingerprint density at radius 1 is 1.19 bits per heavy atom. The molecule has 1 atom stereocenters. The summed E-state index contributed by atoms with van der Waals surface area (Å²) < 4.78 is 63.5. The van der Waals surface area contributed by atoms with E-state index in [-0.39, 0.29) is 5.56 Å². The first-order valence-corrected chi connectivity index (χ1v) is 4.26. The summed E-state index contributed by atoms with van der Waals surface area (Å²) in [6.07, 6.45) is -4.79. The van der Waals surface area contributed by atoms with Crippen molar-refractivity contribution >= 4 is 0 Å². The third kappa shape index (κ3) is 2.30. The van der Waals surface area contributed by atoms with E-state index in [1.807, 2.05) is 0 Å². The van der Waals surface area contributed by atoms with Crippen LogP contribution in [-0.2, 0) is 0 Å². The van der Waals surface area contributed by atoms with E-state index in [0.717, 1.165) is 12.1 Å². The van der Waals surface area contributed by atoms with Crippen molar-refractivity contribution in [3.63, 3.8) is 0 Å². The van der Waals surface area contributed by atoms with Gasteiger partial charge < -0.3 is 0 Å². The van der Waals surface area contributed by atoms with Crippen molar-refractivity contribution in [1.29, 1.82) is 0 Å². The van der Waals surface area contributed by atoms with Gasteiger partial charge in [-0.05, 0) is 12.5 Å². The Labute approximate surface area is 88.2 Å². The minimum atomic E-state index is -4.79. The van der Waals surface area contributed by atoms with Crippen LogP contribution >= 0.6 is 0 Å². The topological polar surface area (TPSA) is 38.0 Å². The van der Waals surface area contributed by atoms with Gasteiger partial charge in [0.15, 0.2) is 11.6 Å². The monoisotopic (exact) mass is 240 g/mol. The molecule has 1 unspecified atom stereocenters. The summed E-state index contributed by atoms with van der Waals surface area (Å²) in [5.41, 5.74) is 0.481. The van der Waals surface area contributed by atoms with Crippen LogP contribution in [0.1, 0.15) is 17.2 Å². The fourth-order valence-corrected chi connectivity index (χ4v) is 1.24. The second-order valence-electron chi connectivity index (χ2n) is 3.24. The van der Waals surface area contributed by atoms with Crippen molar-refractivity contribution < 1.29 is 22.0 Å². The summed E-state index contributed by atoms with van der Waals surface area (Å²) >= 11 is 0. The average molecular weight is 240 g/mol. The van der Waals surface area contributed by atoms with E-state index in [4.69, 9.17) is 0 Å². The molecule has 0 fully saturated rings. The minimum absolute atomic E-state index is 0.0702. The maximum absolute atomic E-state index is 13.3. The zero-order valence-corrected chi connectivity index (χ0v) is 8.20. The van der Waals surface area contributed by atoms with Crippen LogP contribution in [0.25, 0.3) is 0 Å². The fourth-order valence-electron chi connectivity index (χ4n) is 1.24. The molecule has 3 N–H and O–H groups in total. The molecule has 1 aromatic carbocycles. The van der Waals surface area contributed by atoms with Gasteiger partial charge in [0, 0.05) is 5.56 Å². The van der Waals surface area contributed by atoms with E-state index in [0.29, 0.717) is 0 Å². The molecule has 1 aromatic rings. The highest BCUT2D eigenvalue weighted by Gasteiger charge is 2.42. The van der Waals surface area contributed by atoms with Crippen molar-refractivity contribution in [2.75, 3.05) is 0 Å². The van der Waals surface area contributed by atoms with E-state index < -0.39 is 29.4 Å². The molecule has 16 heavy (non-hydrogen) atoms. The number of halogens is 5. The van der Waals surface area contributed by atoms with Crippen LogP contribution in [0.2, 0.25) is 0 Å². The highest BCUT2D eigenvalue weighted by molar-refractivity contribution is 5.28. The molecule has 0 aromatic heterocycles. The lowest BCUT2D eigenvalue weighted by molar-refractivity contribution is -0.158. The van der Waals surface area contributed by atoms with Gasteiger partial charge in [-0.1, -0.05) is 12.1 Å². The Hall–Kier alpha value is -1.21. The molecule has 0 aliphatic rings. The van der Waals surface area contributed by atoms with Gasteiger partial charge in [0.05, 0.1) is 0 Å². The number of hydrazine groups is 1. The van der Waals surface area contributed by atoms with Crippen LogP contribution in [0.3, 0.4) is 0 Å². The van der Waals surface area contributed by atoms with Crippen molar-refractivity contribution in [1.82, 2.24) is 5.43 Å². The number of nitrogens with two attached hydrogens (primary N) is 1. The van der Waals surface area contributed by atoms with Crippen LogP contribution in [0, 0.1) is 18.6 Å². The van der Waals surface area contributed by atoms with Crippen molar-refractivity contribution in [3.05, 3.63) is 34.9 Å². The molecule has 0 aliphatic heterocycles. The molecular formula is C9H9F5N2. The van der Waals surface area contributed by atoms with Crippen molar-refractivity contribution in [2.45, 2.75) is 19.1 Å². The Morgan fingerprint density at radius 2 is 1.75 bits per heavy atom. The molecule has 90 valence electrons. The summed E-state index contributed by atoms with van der Waals surface area (Å²) in [4.78, 5) is 0. The van der Waals surface area contributed by atoms with Crippen LogP contribution in [-0.4, -0.2) is 6.18 Å². The lowest BCUT2D eigenvalue weighted by Crippen LogP contribution is -2.39. The average Bonchev–Trinajstić information content (AvgIpc) is 2.17. The molecule has 7 heteroatoms. The van der Waals surface area contributed by atoms with Crippen LogP contribution in [0.5, 0.6) is 0 Å². The molecule has 1 rings (SSSR count). The first-order valence-electron chi connectivity index (χ1n) is 4.26. The lowest BCUT2D eigenvalue weighted by Gasteiger charge is -2.20. The third-order valence-electron chi connectivity index (χ3n) is 2.11. The second-order valence-corrected chi connectivity index (χ2v) is 3.24. The Kier molecular flexibility index (Phi) is 3.49. The van der Waals surface area contributed by atoms with E-state index >= 15 is 0 Å². The summed E-state index contributed by atoms with van der Waals surface area (Å²) in [6.45, 7) is 1.25. The molecule has 0 radical (unpaired) electrons. The van der Waals surface area contributed by atoms with Crippen LogP contribution in [0.15, 0.2) is 12.1 Å². The number of nitrogens with one attached hydrogen (secondary N) is 1. The van der Waals surface area contributed by atoms with Gasteiger partial charge in [-0.15, -0.1) is 0 Å². The first-order chi connectivity index (χ1) is 7.29. The van der Waals surface area contributed by atoms with Gasteiger partial charge in [-0.25, -0.2) is 14.2 Å². The number of rotatable bonds is 2. The third-order valence-corrected chi connectivity index (χ3v) is 2.11. The molecule has 0 bridgehead atoms. The number of hydrogen-bond acceptors (Lipinski definition) is 2. The molecule has 0 heterocycles. The van der Waals surface area contributed by atoms with E-state index in [2.05, 4.69) is 5.84 Å². The van der Waals surface area contributed by atoms with Gasteiger partial charge in [-0.3, -0.25) is 5.84 Å². The highest BCUT2D eigenvalue weighted by Crippen LogP contribution is 2.34. The van der Waals surface area contributed by atoms with Gasteiger partial charge in [0.25, 0.3) is 0 Å². The van der Waals surface area contributed by atoms with E-state index in [1.165, 1.54) is 12.3 Å². The van der Waals surface area contributed by atoms with Crippen molar-refractivity contribution in [2.24, 2.45) is 5.84 Å². The molecule has 0 amide bonds. The number of hydrogen-bond donors (Lipinski definition) is 2. The molecule has 0 spiro atoms. The quantitative estimate of drug-likeness (QED) is 0.473. The Morgan fingerprint density at radius 3 is 2.19 bits per heavy atom. The maximum Gasteiger partial charge on any atom is 0.409 e. The number of benzene rings is 1. The van der Waals surface area contributed by atoms with Gasteiger partial charge in [0.1, 0.15) is 6.04 Å².